The Balaban J connectivity index is 1.39. The van der Waals surface area contributed by atoms with Crippen LogP contribution < -0.4 is 0 Å². The molecule has 3 aromatic rings. The van der Waals surface area contributed by atoms with E-state index in [1.165, 1.54) is 0 Å². The number of piperazine rings is 1. The van der Waals surface area contributed by atoms with Crippen molar-refractivity contribution in [3.63, 3.8) is 0 Å². The Bertz CT molecular complexity index is 950. The normalized spacial score (nSPS) is 15.8. The second-order valence-electron chi connectivity index (χ2n) is 6.91. The van der Waals surface area contributed by atoms with Gasteiger partial charge in [0.1, 0.15) is 6.04 Å². The number of hydrogen-bond donors (Lipinski definition) is 0. The molecule has 5 nitrogen and oxygen atoms in total. The summed E-state index contributed by atoms with van der Waals surface area (Å²) in [5, 5.41) is 9.61. The van der Waals surface area contributed by atoms with E-state index in [0.717, 1.165) is 11.3 Å². The minimum atomic E-state index is -0.265. The van der Waals surface area contributed by atoms with Gasteiger partial charge in [-0.2, -0.15) is 5.26 Å². The van der Waals surface area contributed by atoms with Crippen molar-refractivity contribution in [1.29, 1.82) is 5.26 Å². The van der Waals surface area contributed by atoms with Crippen molar-refractivity contribution >= 4 is 5.91 Å². The Morgan fingerprint density at radius 1 is 0.857 bits per heavy atom. The highest BCUT2D eigenvalue weighted by Gasteiger charge is 2.27. The van der Waals surface area contributed by atoms with Gasteiger partial charge in [0.25, 0.3) is 5.91 Å². The number of carbonyl (C=O) groups is 1. The van der Waals surface area contributed by atoms with E-state index in [0.29, 0.717) is 31.7 Å². The van der Waals surface area contributed by atoms with Crippen LogP contribution in [-0.2, 0) is 0 Å². The van der Waals surface area contributed by atoms with Crippen molar-refractivity contribution in [2.75, 3.05) is 26.2 Å². The fourth-order valence-corrected chi connectivity index (χ4v) is 3.65. The Morgan fingerprint density at radius 3 is 2.11 bits per heavy atom. The number of hydrogen-bond acceptors (Lipinski definition) is 3. The minimum absolute atomic E-state index is 0.0481. The molecule has 0 saturated carbocycles. The lowest BCUT2D eigenvalue weighted by Crippen LogP contribution is -2.49. The Kier molecular flexibility index (Phi) is 5.22. The summed E-state index contributed by atoms with van der Waals surface area (Å²) in [6.45, 7) is 2.65. The largest absolute Gasteiger partial charge is 0.336 e. The number of aromatic nitrogens is 1. The topological polar surface area (TPSA) is 52.3 Å². The third-order valence-electron chi connectivity index (χ3n) is 5.22. The highest BCUT2D eigenvalue weighted by Crippen LogP contribution is 2.22. The first-order valence-electron chi connectivity index (χ1n) is 9.47. The van der Waals surface area contributed by atoms with Crippen molar-refractivity contribution in [3.05, 3.63) is 90.3 Å². The molecule has 5 heteroatoms. The van der Waals surface area contributed by atoms with Gasteiger partial charge in [0, 0.05) is 49.8 Å². The second-order valence-corrected chi connectivity index (χ2v) is 6.91. The molecular formula is C23H22N4O. The monoisotopic (exact) mass is 370 g/mol. The molecule has 28 heavy (non-hydrogen) atoms. The van der Waals surface area contributed by atoms with Crippen molar-refractivity contribution < 1.29 is 4.79 Å². The van der Waals surface area contributed by atoms with Crippen LogP contribution in [0.5, 0.6) is 0 Å². The first kappa shape index (κ1) is 18.0. The molecule has 2 heterocycles. The van der Waals surface area contributed by atoms with Gasteiger partial charge in [-0.05, 0) is 42.0 Å². The maximum absolute atomic E-state index is 12.8. The number of carbonyl (C=O) groups excluding carboxylic acids is 1. The molecule has 0 aliphatic carbocycles. The van der Waals surface area contributed by atoms with E-state index in [2.05, 4.69) is 11.0 Å². The van der Waals surface area contributed by atoms with Crippen LogP contribution in [0.25, 0.3) is 5.69 Å². The molecule has 0 unspecified atom stereocenters. The summed E-state index contributed by atoms with van der Waals surface area (Å²) in [5.41, 5.74) is 2.74. The quantitative estimate of drug-likeness (QED) is 0.706. The van der Waals surface area contributed by atoms with Crippen molar-refractivity contribution in [2.24, 2.45) is 0 Å². The zero-order valence-electron chi connectivity index (χ0n) is 15.6. The summed E-state index contributed by atoms with van der Waals surface area (Å²) in [6, 6.07) is 23.6. The van der Waals surface area contributed by atoms with Crippen LogP contribution in [0.15, 0.2) is 79.1 Å². The van der Waals surface area contributed by atoms with Crippen LogP contribution in [-0.4, -0.2) is 46.5 Å². The van der Waals surface area contributed by atoms with E-state index >= 15 is 0 Å². The van der Waals surface area contributed by atoms with Gasteiger partial charge in [-0.15, -0.1) is 0 Å². The highest BCUT2D eigenvalue weighted by molar-refractivity contribution is 5.94. The smallest absolute Gasteiger partial charge is 0.253 e. The summed E-state index contributed by atoms with van der Waals surface area (Å²) in [5.74, 6) is 0.0481. The molecule has 140 valence electrons. The lowest BCUT2D eigenvalue weighted by Gasteiger charge is -2.37. The Hall–Kier alpha value is -3.36. The van der Waals surface area contributed by atoms with Gasteiger partial charge in [-0.1, -0.05) is 30.3 Å². The zero-order chi connectivity index (χ0) is 19.3. The van der Waals surface area contributed by atoms with Gasteiger partial charge < -0.3 is 9.47 Å². The predicted octanol–water partition coefficient (Wildman–Crippen LogP) is 3.50. The second kappa shape index (κ2) is 8.12. The maximum Gasteiger partial charge on any atom is 0.253 e. The minimum Gasteiger partial charge on any atom is -0.336 e. The molecular weight excluding hydrogens is 348 g/mol. The molecule has 2 aromatic carbocycles. The average Bonchev–Trinajstić information content (AvgIpc) is 3.30. The zero-order valence-corrected chi connectivity index (χ0v) is 15.6. The third kappa shape index (κ3) is 3.68. The number of nitrogens with zero attached hydrogens (tertiary/aromatic N) is 4. The molecule has 4 rings (SSSR count). The summed E-state index contributed by atoms with van der Waals surface area (Å²) >= 11 is 0. The molecule has 1 fully saturated rings. The average molecular weight is 370 g/mol. The molecule has 1 amide bonds. The molecule has 0 N–H and O–H groups in total. The van der Waals surface area contributed by atoms with Gasteiger partial charge >= 0.3 is 0 Å². The fraction of sp³-hybridized carbons (Fsp3) is 0.217. The molecule has 1 aliphatic rings. The van der Waals surface area contributed by atoms with Gasteiger partial charge in [0.2, 0.25) is 0 Å². The molecule has 1 saturated heterocycles. The van der Waals surface area contributed by atoms with Crippen molar-refractivity contribution in [3.8, 4) is 11.8 Å². The Labute approximate surface area is 165 Å². The highest BCUT2D eigenvalue weighted by atomic mass is 16.2. The van der Waals surface area contributed by atoms with Gasteiger partial charge in [0.15, 0.2) is 0 Å². The number of rotatable bonds is 4. The number of amides is 1. The van der Waals surface area contributed by atoms with Crippen LogP contribution in [0.3, 0.4) is 0 Å². The first-order valence-corrected chi connectivity index (χ1v) is 9.47. The van der Waals surface area contributed by atoms with Gasteiger partial charge in [-0.25, -0.2) is 0 Å². The van der Waals surface area contributed by atoms with Crippen molar-refractivity contribution in [1.82, 2.24) is 14.4 Å². The third-order valence-corrected chi connectivity index (χ3v) is 5.22. The lowest BCUT2D eigenvalue weighted by atomic mass is 10.1. The van der Waals surface area contributed by atoms with Crippen LogP contribution in [0.4, 0.5) is 0 Å². The molecule has 1 aliphatic heterocycles. The van der Waals surface area contributed by atoms with E-state index < -0.39 is 0 Å². The summed E-state index contributed by atoms with van der Waals surface area (Å²) in [7, 11) is 0. The number of nitriles is 1. The standard InChI is InChI=1S/C23H22N4O/c24-18-22(19-6-2-1-3-7-19)26-14-16-27(17-15-26)23(28)20-8-10-21(11-9-20)25-12-4-5-13-25/h1-13,22H,14-17H2/t22-/m1/s1. The summed E-state index contributed by atoms with van der Waals surface area (Å²) in [4.78, 5) is 16.9. The number of benzene rings is 2. The predicted molar refractivity (Wildman–Crippen MR) is 108 cm³/mol. The van der Waals surface area contributed by atoms with Crippen LogP contribution in [0.1, 0.15) is 22.0 Å². The SMILES string of the molecule is N#C[C@H](c1ccccc1)N1CCN(C(=O)c2ccc(-n3cccc3)cc2)CC1. The lowest BCUT2D eigenvalue weighted by molar-refractivity contribution is 0.0606. The van der Waals surface area contributed by atoms with E-state index in [1.807, 2.05) is 88.6 Å². The first-order chi connectivity index (χ1) is 13.8. The maximum atomic E-state index is 12.8. The van der Waals surface area contributed by atoms with Crippen LogP contribution in [0.2, 0.25) is 0 Å². The van der Waals surface area contributed by atoms with Gasteiger partial charge in [0.05, 0.1) is 6.07 Å². The van der Waals surface area contributed by atoms with E-state index in [4.69, 9.17) is 0 Å². The molecule has 0 bridgehead atoms. The van der Waals surface area contributed by atoms with E-state index in [9.17, 15) is 10.1 Å². The van der Waals surface area contributed by atoms with Crippen LogP contribution >= 0.6 is 0 Å². The summed E-state index contributed by atoms with van der Waals surface area (Å²) in [6.07, 6.45) is 3.96. The van der Waals surface area contributed by atoms with E-state index in [1.54, 1.807) is 0 Å². The molecule has 0 radical (unpaired) electrons. The van der Waals surface area contributed by atoms with E-state index in [-0.39, 0.29) is 11.9 Å². The molecule has 0 spiro atoms. The summed E-state index contributed by atoms with van der Waals surface area (Å²) < 4.78 is 2.01. The Morgan fingerprint density at radius 2 is 1.50 bits per heavy atom. The fourth-order valence-electron chi connectivity index (χ4n) is 3.65. The van der Waals surface area contributed by atoms with Gasteiger partial charge in [-0.3, -0.25) is 9.69 Å². The van der Waals surface area contributed by atoms with Crippen molar-refractivity contribution in [2.45, 2.75) is 6.04 Å². The molecule has 1 atom stereocenters. The molecule has 1 aromatic heterocycles. The van der Waals surface area contributed by atoms with Crippen LogP contribution in [0, 0.1) is 11.3 Å².